The van der Waals surface area contributed by atoms with E-state index in [1.54, 1.807) is 0 Å². The third-order valence-electron chi connectivity index (χ3n) is 6.79. The minimum Gasteiger partial charge on any atom is -0.494 e. The molecule has 3 rings (SSSR count). The van der Waals surface area contributed by atoms with E-state index in [1.807, 2.05) is 19.2 Å². The molecule has 198 valence electrons. The highest BCUT2D eigenvalue weighted by Crippen LogP contribution is 2.24. The molecule has 0 spiro atoms. The molecule has 0 saturated heterocycles. The molecule has 0 fully saturated rings. The Hall–Kier alpha value is -2.72. The van der Waals surface area contributed by atoms with Gasteiger partial charge in [0, 0.05) is 23.3 Å². The van der Waals surface area contributed by atoms with Crippen LogP contribution in [0.1, 0.15) is 62.3 Å². The summed E-state index contributed by atoms with van der Waals surface area (Å²) in [5, 5.41) is 4.40. The smallest absolute Gasteiger partial charge is 0.164 e. The third kappa shape index (κ3) is 8.13. The van der Waals surface area contributed by atoms with Crippen LogP contribution in [0.25, 0.3) is 11.3 Å². The fraction of sp³-hybridized carbons (Fsp3) is 0.387. The second-order valence-corrected chi connectivity index (χ2v) is 11.0. The van der Waals surface area contributed by atoms with Crippen LogP contribution in [0.15, 0.2) is 48.7 Å². The SMILES string of the molecule is CC\C(C)=c1/cc(C)cc/c1=c1\cc(CCc2ccc(OCCCCP(O)O)cc2C)cn\c1=C(\C)N. The van der Waals surface area contributed by atoms with Gasteiger partial charge < -0.3 is 20.3 Å². The monoisotopic (exact) mass is 520 g/mol. The van der Waals surface area contributed by atoms with Crippen LogP contribution < -0.4 is 21.0 Å². The van der Waals surface area contributed by atoms with Gasteiger partial charge in [-0.3, -0.25) is 4.98 Å². The number of pyridine rings is 1. The first-order valence-corrected chi connectivity index (χ1v) is 14.5. The molecule has 37 heavy (non-hydrogen) atoms. The molecule has 4 N–H and O–H groups in total. The molecule has 0 aliphatic carbocycles. The van der Waals surface area contributed by atoms with Crippen molar-refractivity contribution in [3.05, 3.63) is 91.9 Å². The highest BCUT2D eigenvalue weighted by Gasteiger charge is 2.05. The standard InChI is InChI=1S/C31H41N2O3P/c1-6-22(3)29-17-21(2)9-14-28(29)30-19-25(20-33-31(30)24(5)32)10-11-26-12-13-27(18-23(26)4)36-15-7-8-16-37(34)35/h9,12-14,17-20,34-35H,6-8,10-11,15-16,32H2,1-5H3/b29-22+,30-28-,31-24-. The number of unbranched alkanes of at least 4 members (excludes halogenated alkanes) is 1. The maximum absolute atomic E-state index is 9.00. The van der Waals surface area contributed by atoms with E-state index in [0.29, 0.717) is 12.8 Å². The maximum Gasteiger partial charge on any atom is 0.164 e. The number of hydrogen-bond donors (Lipinski definition) is 3. The number of benzene rings is 2. The van der Waals surface area contributed by atoms with Gasteiger partial charge in [0.1, 0.15) is 5.75 Å². The van der Waals surface area contributed by atoms with Crippen molar-refractivity contribution < 1.29 is 14.5 Å². The van der Waals surface area contributed by atoms with Gasteiger partial charge in [-0.25, -0.2) is 0 Å². The van der Waals surface area contributed by atoms with Crippen molar-refractivity contribution in [3.8, 4) is 5.75 Å². The zero-order valence-corrected chi connectivity index (χ0v) is 23.7. The van der Waals surface area contributed by atoms with Crippen molar-refractivity contribution in [2.45, 2.75) is 66.7 Å². The Morgan fingerprint density at radius 3 is 2.43 bits per heavy atom. The molecular weight excluding hydrogens is 479 g/mol. The lowest BCUT2D eigenvalue weighted by molar-refractivity contribution is 0.308. The largest absolute Gasteiger partial charge is 0.494 e. The fourth-order valence-corrected chi connectivity index (χ4v) is 4.97. The van der Waals surface area contributed by atoms with E-state index in [2.05, 4.69) is 64.1 Å². The van der Waals surface area contributed by atoms with Crippen LogP contribution in [-0.4, -0.2) is 27.5 Å². The normalized spacial score (nSPS) is 14.1. The van der Waals surface area contributed by atoms with Crippen molar-refractivity contribution in [3.63, 3.8) is 0 Å². The summed E-state index contributed by atoms with van der Waals surface area (Å²) in [6.45, 7) is 11.1. The fourth-order valence-electron chi connectivity index (χ4n) is 4.46. The summed E-state index contributed by atoms with van der Waals surface area (Å²) in [7, 11) is -1.80. The maximum atomic E-state index is 9.00. The van der Waals surface area contributed by atoms with Crippen LogP contribution in [0.5, 0.6) is 5.75 Å². The molecule has 1 aromatic heterocycles. The summed E-state index contributed by atoms with van der Waals surface area (Å²) in [5.74, 6) is 0.855. The summed E-state index contributed by atoms with van der Waals surface area (Å²) in [6.07, 6.45) is 6.75. The van der Waals surface area contributed by atoms with E-state index >= 15 is 0 Å². The van der Waals surface area contributed by atoms with E-state index < -0.39 is 8.38 Å². The summed E-state index contributed by atoms with van der Waals surface area (Å²) in [6, 6.07) is 15.1. The summed E-state index contributed by atoms with van der Waals surface area (Å²) in [4.78, 5) is 22.8. The molecule has 6 heteroatoms. The first-order chi connectivity index (χ1) is 17.7. The van der Waals surface area contributed by atoms with Gasteiger partial charge in [0.05, 0.1) is 12.0 Å². The molecular formula is C31H41N2O3P. The lowest BCUT2D eigenvalue weighted by Gasteiger charge is -2.11. The van der Waals surface area contributed by atoms with E-state index in [-0.39, 0.29) is 0 Å². The second kappa shape index (κ2) is 13.7. The molecule has 0 aliphatic rings. The van der Waals surface area contributed by atoms with Crippen LogP contribution >= 0.6 is 8.38 Å². The summed E-state index contributed by atoms with van der Waals surface area (Å²) >= 11 is 0. The van der Waals surface area contributed by atoms with Gasteiger partial charge in [-0.2, -0.15) is 0 Å². The Bertz CT molecular complexity index is 1430. The summed E-state index contributed by atoms with van der Waals surface area (Å²) < 4.78 is 5.85. The lowest BCUT2D eigenvalue weighted by Crippen LogP contribution is -2.20. The zero-order chi connectivity index (χ0) is 26.9. The van der Waals surface area contributed by atoms with Crippen LogP contribution in [0.3, 0.4) is 0 Å². The molecule has 0 bridgehead atoms. The Morgan fingerprint density at radius 2 is 1.76 bits per heavy atom. The molecule has 0 unspecified atom stereocenters. The minimum atomic E-state index is -1.80. The van der Waals surface area contributed by atoms with Crippen molar-refractivity contribution in [1.82, 2.24) is 4.98 Å². The van der Waals surface area contributed by atoms with E-state index in [4.69, 9.17) is 25.2 Å². The van der Waals surface area contributed by atoms with Gasteiger partial charge in [0.2, 0.25) is 0 Å². The number of rotatable bonds is 10. The topological polar surface area (TPSA) is 88.6 Å². The molecule has 0 amide bonds. The quantitative estimate of drug-likeness (QED) is 0.262. The molecule has 0 atom stereocenters. The third-order valence-corrected chi connectivity index (χ3v) is 7.51. The number of aryl methyl sites for hydroxylation is 4. The predicted molar refractivity (Wildman–Crippen MR) is 155 cm³/mol. The van der Waals surface area contributed by atoms with Crippen LogP contribution in [-0.2, 0) is 12.8 Å². The van der Waals surface area contributed by atoms with Crippen molar-refractivity contribution in [1.29, 1.82) is 0 Å². The average molecular weight is 521 g/mol. The van der Waals surface area contributed by atoms with Gasteiger partial charge in [-0.1, -0.05) is 42.3 Å². The van der Waals surface area contributed by atoms with Gasteiger partial charge in [0.15, 0.2) is 8.38 Å². The molecule has 0 radical (unpaired) electrons. The second-order valence-electron chi connectivity index (χ2n) is 9.85. The van der Waals surface area contributed by atoms with Crippen molar-refractivity contribution >= 4 is 19.6 Å². The van der Waals surface area contributed by atoms with Crippen LogP contribution in [0, 0.1) is 24.3 Å². The average Bonchev–Trinajstić information content (AvgIpc) is 2.87. The zero-order valence-electron chi connectivity index (χ0n) is 22.8. The summed E-state index contributed by atoms with van der Waals surface area (Å²) in [5.41, 5.74) is 13.3. The molecule has 3 aromatic rings. The Kier molecular flexibility index (Phi) is 10.7. The highest BCUT2D eigenvalue weighted by atomic mass is 31.2. The number of aromatic nitrogens is 1. The number of hydrogen-bond acceptors (Lipinski definition) is 5. The molecule has 2 aromatic carbocycles. The Morgan fingerprint density at radius 1 is 0.973 bits per heavy atom. The van der Waals surface area contributed by atoms with Crippen molar-refractivity contribution in [2.75, 3.05) is 12.8 Å². The number of nitrogens with two attached hydrogens (primary N) is 1. The Balaban J connectivity index is 1.87. The first-order valence-electron chi connectivity index (χ1n) is 13.1. The van der Waals surface area contributed by atoms with Crippen LogP contribution in [0.4, 0.5) is 0 Å². The van der Waals surface area contributed by atoms with Gasteiger partial charge in [-0.05, 0) is 105 Å². The Labute approximate surface area is 222 Å². The molecule has 5 nitrogen and oxygen atoms in total. The minimum absolute atomic E-state index is 0.443. The highest BCUT2D eigenvalue weighted by molar-refractivity contribution is 7.45. The van der Waals surface area contributed by atoms with Gasteiger partial charge >= 0.3 is 0 Å². The van der Waals surface area contributed by atoms with Gasteiger partial charge in [-0.15, -0.1) is 0 Å². The van der Waals surface area contributed by atoms with Crippen molar-refractivity contribution in [2.24, 2.45) is 5.73 Å². The number of ether oxygens (including phenoxy) is 1. The molecule has 1 heterocycles. The number of nitrogens with zero attached hydrogens (tertiary/aromatic N) is 1. The van der Waals surface area contributed by atoms with Crippen LogP contribution in [0.2, 0.25) is 0 Å². The van der Waals surface area contributed by atoms with E-state index in [0.717, 1.165) is 54.1 Å². The van der Waals surface area contributed by atoms with E-state index in [9.17, 15) is 0 Å². The van der Waals surface area contributed by atoms with E-state index in [1.165, 1.54) is 38.3 Å². The molecule has 0 aliphatic heterocycles. The predicted octanol–water partition coefficient (Wildman–Crippen LogP) is 4.89. The first kappa shape index (κ1) is 28.8. The molecule has 0 saturated carbocycles. The van der Waals surface area contributed by atoms with Gasteiger partial charge in [0.25, 0.3) is 0 Å². The lowest BCUT2D eigenvalue weighted by atomic mass is 10.00.